The summed E-state index contributed by atoms with van der Waals surface area (Å²) in [6.45, 7) is 7.70. The van der Waals surface area contributed by atoms with Crippen molar-refractivity contribution in [1.82, 2.24) is 9.62 Å². The predicted octanol–water partition coefficient (Wildman–Crippen LogP) is 2.77. The fraction of sp³-hybridized carbons (Fsp3) is 0.600. The van der Waals surface area contributed by atoms with Gasteiger partial charge in [0, 0.05) is 17.6 Å². The molecule has 0 spiro atoms. The first kappa shape index (κ1) is 16.9. The van der Waals surface area contributed by atoms with E-state index in [1.165, 1.54) is 12.8 Å². The van der Waals surface area contributed by atoms with E-state index in [1.807, 2.05) is 6.92 Å². The summed E-state index contributed by atoms with van der Waals surface area (Å²) < 4.78 is 28.2. The standard InChI is InChI=1S/C15H23BrN2O2S/c1-12(11-18-7-3-4-8-18)10-17-21(19,20)14-5-6-15(16)13(2)9-14/h5-6,9,12,17H,3-4,7-8,10-11H2,1-2H3. The number of sulfonamides is 1. The third kappa shape index (κ3) is 4.77. The van der Waals surface area contributed by atoms with Gasteiger partial charge in [0.25, 0.3) is 0 Å². The van der Waals surface area contributed by atoms with E-state index in [0.717, 1.165) is 29.7 Å². The highest BCUT2D eigenvalue weighted by molar-refractivity contribution is 9.10. The van der Waals surface area contributed by atoms with Crippen LogP contribution in [0.3, 0.4) is 0 Å². The summed E-state index contributed by atoms with van der Waals surface area (Å²) in [5, 5.41) is 0. The molecule has 1 aromatic carbocycles. The molecule has 2 rings (SSSR count). The minimum absolute atomic E-state index is 0.314. The molecule has 1 N–H and O–H groups in total. The molecule has 21 heavy (non-hydrogen) atoms. The maximum absolute atomic E-state index is 12.3. The Balaban J connectivity index is 1.92. The minimum atomic E-state index is -3.42. The van der Waals surface area contributed by atoms with Gasteiger partial charge in [0.1, 0.15) is 0 Å². The van der Waals surface area contributed by atoms with E-state index >= 15 is 0 Å². The zero-order valence-electron chi connectivity index (χ0n) is 12.6. The van der Waals surface area contributed by atoms with E-state index in [2.05, 4.69) is 32.5 Å². The Kier molecular flexibility index (Phi) is 5.82. The molecule has 1 atom stereocenters. The Morgan fingerprint density at radius 1 is 1.33 bits per heavy atom. The van der Waals surface area contributed by atoms with Gasteiger partial charge in [-0.3, -0.25) is 0 Å². The van der Waals surface area contributed by atoms with Crippen LogP contribution in [0.25, 0.3) is 0 Å². The van der Waals surface area contributed by atoms with Crippen molar-refractivity contribution in [3.05, 3.63) is 28.2 Å². The van der Waals surface area contributed by atoms with Crippen molar-refractivity contribution in [3.63, 3.8) is 0 Å². The second-order valence-corrected chi connectivity index (χ2v) is 8.50. The molecule has 118 valence electrons. The van der Waals surface area contributed by atoms with Crippen LogP contribution < -0.4 is 4.72 Å². The number of nitrogens with zero attached hydrogens (tertiary/aromatic N) is 1. The molecule has 0 bridgehead atoms. The molecule has 0 saturated carbocycles. The third-order valence-corrected chi connectivity index (χ3v) is 6.14. The molecule has 1 unspecified atom stereocenters. The normalized spacial score (nSPS) is 18.0. The number of hydrogen-bond acceptors (Lipinski definition) is 3. The Morgan fingerprint density at radius 3 is 2.62 bits per heavy atom. The lowest BCUT2D eigenvalue weighted by molar-refractivity contribution is 0.288. The Bertz CT molecular complexity index is 583. The topological polar surface area (TPSA) is 49.4 Å². The first-order valence-electron chi connectivity index (χ1n) is 7.36. The van der Waals surface area contributed by atoms with Gasteiger partial charge in [0.05, 0.1) is 4.90 Å². The SMILES string of the molecule is Cc1cc(S(=O)(=O)NCC(C)CN2CCCC2)ccc1Br. The fourth-order valence-electron chi connectivity index (χ4n) is 2.59. The van der Waals surface area contributed by atoms with Crippen LogP contribution in [0.1, 0.15) is 25.3 Å². The molecule has 0 radical (unpaired) electrons. The molecule has 0 amide bonds. The molecular formula is C15H23BrN2O2S. The van der Waals surface area contributed by atoms with Gasteiger partial charge in [-0.1, -0.05) is 22.9 Å². The molecular weight excluding hydrogens is 352 g/mol. The van der Waals surface area contributed by atoms with Crippen molar-refractivity contribution in [3.8, 4) is 0 Å². The Labute approximate surface area is 136 Å². The first-order chi connectivity index (χ1) is 9.88. The average molecular weight is 375 g/mol. The number of rotatable bonds is 6. The molecule has 1 aromatic rings. The van der Waals surface area contributed by atoms with Gasteiger partial charge in [-0.25, -0.2) is 13.1 Å². The van der Waals surface area contributed by atoms with Crippen LogP contribution >= 0.6 is 15.9 Å². The minimum Gasteiger partial charge on any atom is -0.303 e. The van der Waals surface area contributed by atoms with Crippen molar-refractivity contribution < 1.29 is 8.42 Å². The molecule has 1 heterocycles. The van der Waals surface area contributed by atoms with Crippen LogP contribution in [0.15, 0.2) is 27.6 Å². The first-order valence-corrected chi connectivity index (χ1v) is 9.64. The molecule has 1 saturated heterocycles. The van der Waals surface area contributed by atoms with Crippen LogP contribution in [0.5, 0.6) is 0 Å². The number of hydrogen-bond donors (Lipinski definition) is 1. The number of aryl methyl sites for hydroxylation is 1. The second kappa shape index (κ2) is 7.22. The van der Waals surface area contributed by atoms with Crippen molar-refractivity contribution in [2.45, 2.75) is 31.6 Å². The molecule has 0 aromatic heterocycles. The van der Waals surface area contributed by atoms with Gasteiger partial charge in [0.15, 0.2) is 0 Å². The lowest BCUT2D eigenvalue weighted by atomic mass is 10.2. The largest absolute Gasteiger partial charge is 0.303 e. The van der Waals surface area contributed by atoms with Crippen molar-refractivity contribution in [2.75, 3.05) is 26.2 Å². The number of halogens is 1. The van der Waals surface area contributed by atoms with Crippen LogP contribution in [0.2, 0.25) is 0 Å². The monoisotopic (exact) mass is 374 g/mol. The highest BCUT2D eigenvalue weighted by Gasteiger charge is 2.18. The summed E-state index contributed by atoms with van der Waals surface area (Å²) in [7, 11) is -3.42. The van der Waals surface area contributed by atoms with Crippen LogP contribution in [0.4, 0.5) is 0 Å². The van der Waals surface area contributed by atoms with E-state index < -0.39 is 10.0 Å². The number of likely N-dealkylation sites (tertiary alicyclic amines) is 1. The van der Waals surface area contributed by atoms with E-state index in [-0.39, 0.29) is 0 Å². The smallest absolute Gasteiger partial charge is 0.240 e. The predicted molar refractivity (Wildman–Crippen MR) is 88.9 cm³/mol. The average Bonchev–Trinajstić information content (AvgIpc) is 2.92. The van der Waals surface area contributed by atoms with Crippen molar-refractivity contribution in [2.24, 2.45) is 5.92 Å². The van der Waals surface area contributed by atoms with Crippen LogP contribution in [-0.4, -0.2) is 39.5 Å². The van der Waals surface area contributed by atoms with Gasteiger partial charge in [0.2, 0.25) is 10.0 Å². The van der Waals surface area contributed by atoms with E-state index in [4.69, 9.17) is 0 Å². The number of benzene rings is 1. The van der Waals surface area contributed by atoms with Gasteiger partial charge < -0.3 is 4.90 Å². The summed E-state index contributed by atoms with van der Waals surface area (Å²) in [5.41, 5.74) is 0.919. The maximum atomic E-state index is 12.3. The summed E-state index contributed by atoms with van der Waals surface area (Å²) in [6.07, 6.45) is 2.52. The third-order valence-electron chi connectivity index (χ3n) is 3.83. The second-order valence-electron chi connectivity index (χ2n) is 5.88. The molecule has 1 aliphatic heterocycles. The van der Waals surface area contributed by atoms with Crippen LogP contribution in [0, 0.1) is 12.8 Å². The van der Waals surface area contributed by atoms with E-state index in [9.17, 15) is 8.42 Å². The van der Waals surface area contributed by atoms with Gasteiger partial charge in [-0.2, -0.15) is 0 Å². The Hall–Kier alpha value is -0.430. The molecule has 0 aliphatic carbocycles. The highest BCUT2D eigenvalue weighted by atomic mass is 79.9. The van der Waals surface area contributed by atoms with E-state index in [0.29, 0.717) is 17.4 Å². The van der Waals surface area contributed by atoms with E-state index in [1.54, 1.807) is 18.2 Å². The van der Waals surface area contributed by atoms with Crippen LogP contribution in [-0.2, 0) is 10.0 Å². The molecule has 1 fully saturated rings. The summed E-state index contributed by atoms with van der Waals surface area (Å²) in [6, 6.07) is 5.10. The zero-order valence-corrected chi connectivity index (χ0v) is 15.0. The lowest BCUT2D eigenvalue weighted by Crippen LogP contribution is -2.34. The molecule has 4 nitrogen and oxygen atoms in total. The molecule has 1 aliphatic rings. The summed E-state index contributed by atoms with van der Waals surface area (Å²) >= 11 is 3.39. The van der Waals surface area contributed by atoms with Crippen molar-refractivity contribution >= 4 is 26.0 Å². The lowest BCUT2D eigenvalue weighted by Gasteiger charge is -2.20. The summed E-state index contributed by atoms with van der Waals surface area (Å²) in [4.78, 5) is 2.74. The van der Waals surface area contributed by atoms with Crippen molar-refractivity contribution in [1.29, 1.82) is 0 Å². The molecule has 6 heteroatoms. The van der Waals surface area contributed by atoms with Gasteiger partial charge >= 0.3 is 0 Å². The summed E-state index contributed by atoms with van der Waals surface area (Å²) in [5.74, 6) is 0.314. The zero-order chi connectivity index (χ0) is 15.5. The quantitative estimate of drug-likeness (QED) is 0.832. The maximum Gasteiger partial charge on any atom is 0.240 e. The van der Waals surface area contributed by atoms with Gasteiger partial charge in [-0.15, -0.1) is 0 Å². The fourth-order valence-corrected chi connectivity index (χ4v) is 4.09. The number of nitrogens with one attached hydrogen (secondary N) is 1. The highest BCUT2D eigenvalue weighted by Crippen LogP contribution is 2.20. The Morgan fingerprint density at radius 2 is 2.00 bits per heavy atom. The van der Waals surface area contributed by atoms with Gasteiger partial charge in [-0.05, 0) is 62.5 Å².